The fraction of sp³-hybridized carbons (Fsp3) is 0.556. The Balaban J connectivity index is 2.82. The normalized spacial score (nSPS) is 13.7. The molecule has 1 aromatic carbocycles. The molecule has 23 heavy (non-hydrogen) atoms. The van der Waals surface area contributed by atoms with Crippen LogP contribution in [0.15, 0.2) is 24.3 Å². The second-order valence-electron chi connectivity index (χ2n) is 6.50. The van der Waals surface area contributed by atoms with Gasteiger partial charge in [-0.3, -0.25) is 15.4 Å². The molecule has 3 N–H and O–H groups in total. The first-order valence-electron chi connectivity index (χ1n) is 8.14. The van der Waals surface area contributed by atoms with Gasteiger partial charge >= 0.3 is 6.03 Å². The summed E-state index contributed by atoms with van der Waals surface area (Å²) < 4.78 is 0. The molecule has 0 aromatic heterocycles. The van der Waals surface area contributed by atoms with Gasteiger partial charge in [-0.2, -0.15) is 0 Å². The van der Waals surface area contributed by atoms with E-state index in [0.29, 0.717) is 11.8 Å². The SMILES string of the molecule is CNC(=O)NC(=O)[C@H](C)N[C@H](c1ccc(C(C)C)cc1)C(C)C. The molecule has 3 amide bonds. The van der Waals surface area contributed by atoms with Gasteiger partial charge in [0.05, 0.1) is 6.04 Å². The third kappa shape index (κ3) is 5.67. The van der Waals surface area contributed by atoms with Crippen molar-refractivity contribution in [1.82, 2.24) is 16.0 Å². The van der Waals surface area contributed by atoms with E-state index in [0.717, 1.165) is 5.56 Å². The minimum absolute atomic E-state index is 0.0432. The van der Waals surface area contributed by atoms with Crippen LogP contribution in [0.5, 0.6) is 0 Å². The number of benzene rings is 1. The molecule has 2 atom stereocenters. The number of hydrogen-bond donors (Lipinski definition) is 3. The molecule has 1 rings (SSSR count). The molecule has 5 heteroatoms. The molecular formula is C18H29N3O2. The predicted octanol–water partition coefficient (Wildman–Crippen LogP) is 2.94. The first kappa shape index (κ1) is 19.2. The van der Waals surface area contributed by atoms with Crippen LogP contribution in [0.3, 0.4) is 0 Å². The van der Waals surface area contributed by atoms with E-state index in [1.807, 2.05) is 0 Å². The van der Waals surface area contributed by atoms with Gasteiger partial charge in [-0.05, 0) is 29.9 Å². The van der Waals surface area contributed by atoms with E-state index in [4.69, 9.17) is 0 Å². The zero-order valence-electron chi connectivity index (χ0n) is 14.9. The van der Waals surface area contributed by atoms with Crippen molar-refractivity contribution in [3.05, 3.63) is 35.4 Å². The highest BCUT2D eigenvalue weighted by atomic mass is 16.2. The van der Waals surface area contributed by atoms with Crippen LogP contribution in [-0.2, 0) is 4.79 Å². The highest BCUT2D eigenvalue weighted by Crippen LogP contribution is 2.24. The lowest BCUT2D eigenvalue weighted by Gasteiger charge is -2.26. The zero-order valence-corrected chi connectivity index (χ0v) is 14.9. The number of nitrogens with one attached hydrogen (secondary N) is 3. The van der Waals surface area contributed by atoms with Gasteiger partial charge < -0.3 is 5.32 Å². The van der Waals surface area contributed by atoms with Crippen molar-refractivity contribution >= 4 is 11.9 Å². The number of hydrogen-bond acceptors (Lipinski definition) is 3. The molecule has 0 heterocycles. The lowest BCUT2D eigenvalue weighted by molar-refractivity contribution is -0.121. The number of rotatable bonds is 6. The lowest BCUT2D eigenvalue weighted by atomic mass is 9.93. The highest BCUT2D eigenvalue weighted by molar-refractivity contribution is 5.96. The van der Waals surface area contributed by atoms with Gasteiger partial charge in [0.25, 0.3) is 0 Å². The van der Waals surface area contributed by atoms with Gasteiger partial charge in [-0.1, -0.05) is 52.0 Å². The minimum Gasteiger partial charge on any atom is -0.341 e. The fourth-order valence-corrected chi connectivity index (χ4v) is 2.39. The Morgan fingerprint density at radius 3 is 1.87 bits per heavy atom. The van der Waals surface area contributed by atoms with Crippen molar-refractivity contribution < 1.29 is 9.59 Å². The Hall–Kier alpha value is -1.88. The molecule has 0 saturated carbocycles. The first-order chi connectivity index (χ1) is 10.8. The molecule has 0 spiro atoms. The van der Waals surface area contributed by atoms with Crippen LogP contribution in [-0.4, -0.2) is 25.0 Å². The molecule has 0 aliphatic rings. The Kier molecular flexibility index (Phi) is 7.23. The van der Waals surface area contributed by atoms with Crippen molar-refractivity contribution in [3.8, 4) is 0 Å². The van der Waals surface area contributed by atoms with Crippen LogP contribution in [0.2, 0.25) is 0 Å². The van der Waals surface area contributed by atoms with Gasteiger partial charge in [0, 0.05) is 13.1 Å². The molecule has 0 aliphatic heterocycles. The number of amides is 3. The summed E-state index contributed by atoms with van der Waals surface area (Å²) in [4.78, 5) is 23.3. The molecule has 1 aromatic rings. The second kappa shape index (κ2) is 8.67. The maximum Gasteiger partial charge on any atom is 0.321 e. The minimum atomic E-state index is -0.494. The molecule has 5 nitrogen and oxygen atoms in total. The van der Waals surface area contributed by atoms with Crippen molar-refractivity contribution in [3.63, 3.8) is 0 Å². The Bertz CT molecular complexity index is 524. The summed E-state index contributed by atoms with van der Waals surface area (Å²) in [5.41, 5.74) is 2.44. The zero-order chi connectivity index (χ0) is 17.6. The predicted molar refractivity (Wildman–Crippen MR) is 93.3 cm³/mol. The van der Waals surface area contributed by atoms with E-state index < -0.39 is 12.1 Å². The summed E-state index contributed by atoms with van der Waals surface area (Å²) in [6.07, 6.45) is 0. The average molecular weight is 319 g/mol. The van der Waals surface area contributed by atoms with Gasteiger partial charge in [0.1, 0.15) is 0 Å². The van der Waals surface area contributed by atoms with Gasteiger partial charge in [-0.15, -0.1) is 0 Å². The van der Waals surface area contributed by atoms with E-state index in [9.17, 15) is 9.59 Å². The van der Waals surface area contributed by atoms with Crippen molar-refractivity contribution in [2.75, 3.05) is 7.05 Å². The smallest absolute Gasteiger partial charge is 0.321 e. The number of carbonyl (C=O) groups excluding carboxylic acids is 2. The van der Waals surface area contributed by atoms with Gasteiger partial charge in [0.2, 0.25) is 5.91 Å². The number of imide groups is 1. The molecule has 0 radical (unpaired) electrons. The van der Waals surface area contributed by atoms with Crippen molar-refractivity contribution in [2.24, 2.45) is 5.92 Å². The number of urea groups is 1. The van der Waals surface area contributed by atoms with E-state index in [-0.39, 0.29) is 11.9 Å². The molecule has 0 unspecified atom stereocenters. The van der Waals surface area contributed by atoms with Crippen LogP contribution in [0.25, 0.3) is 0 Å². The van der Waals surface area contributed by atoms with Crippen LogP contribution in [0, 0.1) is 5.92 Å². The summed E-state index contributed by atoms with van der Waals surface area (Å²) >= 11 is 0. The fourth-order valence-electron chi connectivity index (χ4n) is 2.39. The lowest BCUT2D eigenvalue weighted by Crippen LogP contribution is -2.48. The van der Waals surface area contributed by atoms with Crippen LogP contribution in [0.1, 0.15) is 57.7 Å². The summed E-state index contributed by atoms with van der Waals surface area (Å²) in [6.45, 7) is 10.3. The first-order valence-corrected chi connectivity index (χ1v) is 8.14. The van der Waals surface area contributed by atoms with Gasteiger partial charge in [0.15, 0.2) is 0 Å². The molecule has 0 fully saturated rings. The summed E-state index contributed by atoms with van der Waals surface area (Å²) in [5.74, 6) is 0.468. The van der Waals surface area contributed by atoms with Crippen LogP contribution < -0.4 is 16.0 Å². The van der Waals surface area contributed by atoms with Crippen LogP contribution in [0.4, 0.5) is 4.79 Å². The maximum absolute atomic E-state index is 12.0. The van der Waals surface area contributed by atoms with Crippen molar-refractivity contribution in [2.45, 2.75) is 52.6 Å². The Morgan fingerprint density at radius 2 is 1.43 bits per heavy atom. The third-order valence-corrected chi connectivity index (χ3v) is 3.92. The monoisotopic (exact) mass is 319 g/mol. The second-order valence-corrected chi connectivity index (χ2v) is 6.50. The summed E-state index contributed by atoms with van der Waals surface area (Å²) in [7, 11) is 1.48. The average Bonchev–Trinajstić information content (AvgIpc) is 2.51. The largest absolute Gasteiger partial charge is 0.341 e. The quantitative estimate of drug-likeness (QED) is 0.755. The van der Waals surface area contributed by atoms with Gasteiger partial charge in [-0.25, -0.2) is 4.79 Å². The summed E-state index contributed by atoms with van der Waals surface area (Å²) in [6, 6.07) is 7.56. The molecule has 0 bridgehead atoms. The topological polar surface area (TPSA) is 70.2 Å². The Morgan fingerprint density at radius 1 is 0.913 bits per heavy atom. The summed E-state index contributed by atoms with van der Waals surface area (Å²) in [5, 5.41) is 7.99. The van der Waals surface area contributed by atoms with E-state index in [1.54, 1.807) is 6.92 Å². The Labute approximate surface area is 139 Å². The van der Waals surface area contributed by atoms with Crippen molar-refractivity contribution in [1.29, 1.82) is 0 Å². The standard InChI is InChI=1S/C18H29N3O2/c1-11(2)14-7-9-15(10-8-14)16(12(3)4)20-13(5)17(22)21-18(23)19-6/h7-13,16,20H,1-6H3,(H2,19,21,22,23)/t13-,16-/m0/s1. The molecule has 0 aliphatic carbocycles. The van der Waals surface area contributed by atoms with E-state index in [2.05, 4.69) is 67.9 Å². The highest BCUT2D eigenvalue weighted by Gasteiger charge is 2.22. The molecule has 0 saturated heterocycles. The molecular weight excluding hydrogens is 290 g/mol. The van der Waals surface area contributed by atoms with Crippen LogP contribution >= 0.6 is 0 Å². The van der Waals surface area contributed by atoms with E-state index in [1.165, 1.54) is 12.6 Å². The molecule has 128 valence electrons. The van der Waals surface area contributed by atoms with E-state index >= 15 is 0 Å². The number of carbonyl (C=O) groups is 2. The third-order valence-electron chi connectivity index (χ3n) is 3.92. The maximum atomic E-state index is 12.0.